The molecule has 0 fully saturated rings. The predicted molar refractivity (Wildman–Crippen MR) is 103 cm³/mol. The second-order valence-corrected chi connectivity index (χ2v) is 7.05. The summed E-state index contributed by atoms with van der Waals surface area (Å²) in [7, 11) is 0. The van der Waals surface area contributed by atoms with E-state index in [-0.39, 0.29) is 5.78 Å². The van der Waals surface area contributed by atoms with Gasteiger partial charge in [-0.15, -0.1) is 0 Å². The Hall–Kier alpha value is -2.86. The molecule has 0 aliphatic carbocycles. The first-order valence-corrected chi connectivity index (χ1v) is 9.36. The van der Waals surface area contributed by atoms with Crippen LogP contribution in [0.4, 0.5) is 0 Å². The molecule has 26 heavy (non-hydrogen) atoms. The Morgan fingerprint density at radius 3 is 2.73 bits per heavy atom. The molecule has 4 rings (SSSR count). The maximum absolute atomic E-state index is 13.4. The van der Waals surface area contributed by atoms with Crippen LogP contribution in [0.5, 0.6) is 0 Å². The molecule has 0 bridgehead atoms. The number of aryl methyl sites for hydroxylation is 1. The van der Waals surface area contributed by atoms with E-state index in [1.807, 2.05) is 48.7 Å². The zero-order chi connectivity index (χ0) is 17.9. The van der Waals surface area contributed by atoms with Crippen molar-refractivity contribution in [1.82, 2.24) is 20.2 Å². The van der Waals surface area contributed by atoms with Crippen LogP contribution in [0.2, 0.25) is 0 Å². The number of nitrogens with one attached hydrogen (secondary N) is 2. The summed E-state index contributed by atoms with van der Waals surface area (Å²) in [6.45, 7) is 2.11. The van der Waals surface area contributed by atoms with Gasteiger partial charge in [-0.2, -0.15) is 5.10 Å². The number of para-hydroxylation sites is 1. The predicted octanol–water partition coefficient (Wildman–Crippen LogP) is 4.56. The van der Waals surface area contributed by atoms with Gasteiger partial charge in [0.1, 0.15) is 11.6 Å². The lowest BCUT2D eigenvalue weighted by atomic mass is 10.0. The molecule has 2 heterocycles. The SMILES string of the molecule is CCc1cccc2c(C(=O)C(Sc3ncn[nH]3)c3ccccc3)c[nH]c12. The minimum Gasteiger partial charge on any atom is -0.360 e. The van der Waals surface area contributed by atoms with Crippen LogP contribution in [0.1, 0.15) is 33.7 Å². The molecule has 4 aromatic rings. The highest BCUT2D eigenvalue weighted by atomic mass is 32.2. The molecule has 0 radical (unpaired) electrons. The van der Waals surface area contributed by atoms with Gasteiger partial charge in [0.2, 0.25) is 0 Å². The number of ketones is 1. The third-order valence-electron chi connectivity index (χ3n) is 4.41. The Morgan fingerprint density at radius 2 is 2.00 bits per heavy atom. The molecular formula is C20H18N4OS. The summed E-state index contributed by atoms with van der Waals surface area (Å²) in [5, 5.41) is 7.92. The van der Waals surface area contributed by atoms with Gasteiger partial charge in [-0.25, -0.2) is 4.98 Å². The molecule has 0 spiro atoms. The number of carbonyl (C=O) groups excluding carboxylic acids is 1. The quantitative estimate of drug-likeness (QED) is 0.389. The minimum absolute atomic E-state index is 0.0529. The van der Waals surface area contributed by atoms with Gasteiger partial charge in [0.05, 0.1) is 0 Å². The molecule has 0 saturated carbocycles. The second kappa shape index (κ2) is 7.17. The largest absolute Gasteiger partial charge is 0.360 e. The molecule has 2 N–H and O–H groups in total. The average molecular weight is 362 g/mol. The number of fused-ring (bicyclic) bond motifs is 1. The van der Waals surface area contributed by atoms with Gasteiger partial charge in [0.15, 0.2) is 10.9 Å². The number of carbonyl (C=O) groups is 1. The zero-order valence-electron chi connectivity index (χ0n) is 14.3. The van der Waals surface area contributed by atoms with Gasteiger partial charge < -0.3 is 4.98 Å². The van der Waals surface area contributed by atoms with Crippen molar-refractivity contribution < 1.29 is 4.79 Å². The van der Waals surface area contributed by atoms with Crippen molar-refractivity contribution in [1.29, 1.82) is 0 Å². The summed E-state index contributed by atoms with van der Waals surface area (Å²) in [6, 6.07) is 15.9. The Kier molecular flexibility index (Phi) is 4.58. The second-order valence-electron chi connectivity index (χ2n) is 5.96. The van der Waals surface area contributed by atoms with Crippen LogP contribution in [0.3, 0.4) is 0 Å². The van der Waals surface area contributed by atoms with E-state index in [4.69, 9.17) is 0 Å². The molecule has 6 heteroatoms. The number of rotatable bonds is 6. The summed E-state index contributed by atoms with van der Waals surface area (Å²) in [6.07, 6.45) is 4.19. The fraction of sp³-hybridized carbons (Fsp3) is 0.150. The van der Waals surface area contributed by atoms with Crippen LogP contribution in [0.15, 0.2) is 66.2 Å². The molecule has 0 saturated heterocycles. The van der Waals surface area contributed by atoms with Gasteiger partial charge >= 0.3 is 0 Å². The number of thioether (sulfide) groups is 1. The number of aromatic nitrogens is 4. The first-order chi connectivity index (χ1) is 12.8. The first kappa shape index (κ1) is 16.6. The van der Waals surface area contributed by atoms with E-state index in [1.165, 1.54) is 23.7 Å². The van der Waals surface area contributed by atoms with Gasteiger partial charge in [-0.3, -0.25) is 9.89 Å². The molecule has 2 aromatic carbocycles. The summed E-state index contributed by atoms with van der Waals surface area (Å²) in [4.78, 5) is 20.9. The maximum atomic E-state index is 13.4. The Labute approximate surface area is 155 Å². The smallest absolute Gasteiger partial charge is 0.184 e. The lowest BCUT2D eigenvalue weighted by molar-refractivity contribution is 0.0991. The molecule has 1 unspecified atom stereocenters. The highest BCUT2D eigenvalue weighted by Gasteiger charge is 2.26. The van der Waals surface area contributed by atoms with Crippen LogP contribution >= 0.6 is 11.8 Å². The maximum Gasteiger partial charge on any atom is 0.184 e. The first-order valence-electron chi connectivity index (χ1n) is 8.48. The number of benzene rings is 2. The monoisotopic (exact) mass is 362 g/mol. The third kappa shape index (κ3) is 3.04. The summed E-state index contributed by atoms with van der Waals surface area (Å²) < 4.78 is 0. The molecule has 1 atom stereocenters. The van der Waals surface area contributed by atoms with Crippen molar-refractivity contribution >= 4 is 28.4 Å². The molecule has 0 amide bonds. The van der Waals surface area contributed by atoms with Crippen LogP contribution in [-0.2, 0) is 6.42 Å². The lowest BCUT2D eigenvalue weighted by Crippen LogP contribution is -2.10. The van der Waals surface area contributed by atoms with Gasteiger partial charge in [0, 0.05) is 22.7 Å². The molecule has 2 aromatic heterocycles. The van der Waals surface area contributed by atoms with Crippen LogP contribution in [0.25, 0.3) is 10.9 Å². The van der Waals surface area contributed by atoms with E-state index >= 15 is 0 Å². The standard InChI is InChI=1S/C20H18N4OS/c1-2-13-9-6-10-15-16(11-21-17(13)15)18(25)19(14-7-4-3-5-8-14)26-20-22-12-23-24-20/h3-12,19,21H,2H2,1H3,(H,22,23,24). The molecule has 5 nitrogen and oxygen atoms in total. The highest BCUT2D eigenvalue weighted by molar-refractivity contribution is 8.00. The van der Waals surface area contributed by atoms with Crippen molar-refractivity contribution in [2.75, 3.05) is 0 Å². The third-order valence-corrected chi connectivity index (χ3v) is 5.55. The average Bonchev–Trinajstić information content (AvgIpc) is 3.35. The van der Waals surface area contributed by atoms with Gasteiger partial charge in [-0.1, -0.05) is 67.2 Å². The normalized spacial score (nSPS) is 12.3. The summed E-state index contributed by atoms with van der Waals surface area (Å²) in [5.41, 5.74) is 3.89. The van der Waals surface area contributed by atoms with E-state index in [2.05, 4.69) is 33.2 Å². The van der Waals surface area contributed by atoms with Crippen molar-refractivity contribution in [3.05, 3.63) is 77.7 Å². The Balaban J connectivity index is 1.77. The number of H-pyrrole nitrogens is 2. The molecule has 130 valence electrons. The minimum atomic E-state index is -0.395. The van der Waals surface area contributed by atoms with Crippen LogP contribution in [-0.4, -0.2) is 25.9 Å². The fourth-order valence-electron chi connectivity index (χ4n) is 3.12. The Bertz CT molecular complexity index is 1020. The Morgan fingerprint density at radius 1 is 1.15 bits per heavy atom. The molecular weight excluding hydrogens is 344 g/mol. The number of hydrogen-bond donors (Lipinski definition) is 2. The molecule has 0 aliphatic rings. The van der Waals surface area contributed by atoms with E-state index in [0.29, 0.717) is 10.7 Å². The van der Waals surface area contributed by atoms with E-state index in [1.54, 1.807) is 0 Å². The lowest BCUT2D eigenvalue weighted by Gasteiger charge is -2.14. The van der Waals surface area contributed by atoms with Crippen molar-refractivity contribution in [3.8, 4) is 0 Å². The zero-order valence-corrected chi connectivity index (χ0v) is 15.1. The number of nitrogens with zero attached hydrogens (tertiary/aromatic N) is 2. The number of aromatic amines is 2. The summed E-state index contributed by atoms with van der Waals surface area (Å²) in [5.74, 6) is 0.0529. The van der Waals surface area contributed by atoms with Crippen molar-refractivity contribution in [2.24, 2.45) is 0 Å². The number of Topliss-reactive ketones (excluding diaryl/α,β-unsaturated/α-hetero) is 1. The van der Waals surface area contributed by atoms with Crippen LogP contribution < -0.4 is 0 Å². The van der Waals surface area contributed by atoms with E-state index in [0.717, 1.165) is 22.9 Å². The van der Waals surface area contributed by atoms with Gasteiger partial charge in [-0.05, 0) is 17.5 Å². The van der Waals surface area contributed by atoms with E-state index < -0.39 is 5.25 Å². The highest BCUT2D eigenvalue weighted by Crippen LogP contribution is 2.37. The fourth-order valence-corrected chi connectivity index (χ4v) is 4.08. The number of hydrogen-bond acceptors (Lipinski definition) is 4. The molecule has 0 aliphatic heterocycles. The van der Waals surface area contributed by atoms with Crippen LogP contribution in [0, 0.1) is 0 Å². The topological polar surface area (TPSA) is 74.4 Å². The van der Waals surface area contributed by atoms with E-state index in [9.17, 15) is 4.79 Å². The van der Waals surface area contributed by atoms with Gasteiger partial charge in [0.25, 0.3) is 0 Å². The van der Waals surface area contributed by atoms with Crippen molar-refractivity contribution in [2.45, 2.75) is 23.8 Å². The summed E-state index contributed by atoms with van der Waals surface area (Å²) >= 11 is 1.38. The van der Waals surface area contributed by atoms with Crippen molar-refractivity contribution in [3.63, 3.8) is 0 Å².